The van der Waals surface area contributed by atoms with Crippen LogP contribution in [-0.4, -0.2) is 34.2 Å². The van der Waals surface area contributed by atoms with E-state index in [4.69, 9.17) is 16.1 Å². The maximum atomic E-state index is 12.5. The molecule has 2 amide bonds. The normalized spacial score (nSPS) is 15.1. The van der Waals surface area contributed by atoms with Gasteiger partial charge in [-0.1, -0.05) is 22.8 Å². The lowest BCUT2D eigenvalue weighted by Gasteiger charge is -2.30. The highest BCUT2D eigenvalue weighted by Crippen LogP contribution is 2.30. The predicted molar refractivity (Wildman–Crippen MR) is 106 cm³/mol. The summed E-state index contributed by atoms with van der Waals surface area (Å²) < 4.78 is 5.46. The lowest BCUT2D eigenvalue weighted by Crippen LogP contribution is -2.40. The van der Waals surface area contributed by atoms with Crippen LogP contribution in [0.5, 0.6) is 0 Å². The molecule has 1 saturated heterocycles. The summed E-state index contributed by atoms with van der Waals surface area (Å²) in [4.78, 5) is 18.9. The Morgan fingerprint density at radius 3 is 2.89 bits per heavy atom. The lowest BCUT2D eigenvalue weighted by molar-refractivity contribution is 0.187. The Labute approximate surface area is 166 Å². The first-order valence-corrected chi connectivity index (χ1v) is 10.1. The van der Waals surface area contributed by atoms with Gasteiger partial charge in [-0.05, 0) is 48.9 Å². The number of piperidine rings is 1. The average Bonchev–Trinajstić information content (AvgIpc) is 3.36. The highest BCUT2D eigenvalue weighted by molar-refractivity contribution is 7.08. The zero-order valence-electron chi connectivity index (χ0n) is 14.8. The van der Waals surface area contributed by atoms with Crippen LogP contribution in [0.4, 0.5) is 10.5 Å². The maximum Gasteiger partial charge on any atom is 0.321 e. The SMILES string of the molecule is Cc1ccc(Cl)c(NC(=O)N2CCC(c3nc(-c4ccsc4)no3)CC2)c1. The minimum Gasteiger partial charge on any atom is -0.339 e. The van der Waals surface area contributed by atoms with Crippen molar-refractivity contribution in [2.75, 3.05) is 18.4 Å². The number of rotatable bonds is 3. The molecule has 0 bridgehead atoms. The van der Waals surface area contributed by atoms with Crippen LogP contribution in [0.2, 0.25) is 5.02 Å². The smallest absolute Gasteiger partial charge is 0.321 e. The molecule has 0 spiro atoms. The van der Waals surface area contributed by atoms with Gasteiger partial charge < -0.3 is 14.7 Å². The van der Waals surface area contributed by atoms with Gasteiger partial charge in [0.05, 0.1) is 10.7 Å². The van der Waals surface area contributed by atoms with Crippen molar-refractivity contribution in [2.24, 2.45) is 0 Å². The standard InChI is InChI=1S/C19H19ClN4O2S/c1-12-2-3-15(20)16(10-12)21-19(25)24-7-4-13(5-8-24)18-22-17(23-26-18)14-6-9-27-11-14/h2-3,6,9-11,13H,4-5,7-8H2,1H3,(H,21,25). The van der Waals surface area contributed by atoms with Crippen LogP contribution in [0, 0.1) is 6.92 Å². The molecule has 1 fully saturated rings. The van der Waals surface area contributed by atoms with Gasteiger partial charge in [0.25, 0.3) is 0 Å². The van der Waals surface area contributed by atoms with Crippen molar-refractivity contribution < 1.29 is 9.32 Å². The molecule has 0 unspecified atom stereocenters. The van der Waals surface area contributed by atoms with Gasteiger partial charge >= 0.3 is 6.03 Å². The second kappa shape index (κ2) is 7.70. The topological polar surface area (TPSA) is 71.3 Å². The van der Waals surface area contributed by atoms with Crippen LogP contribution in [0.1, 0.15) is 30.2 Å². The number of benzene rings is 1. The van der Waals surface area contributed by atoms with Gasteiger partial charge in [-0.15, -0.1) is 0 Å². The van der Waals surface area contributed by atoms with Crippen LogP contribution in [0.25, 0.3) is 11.4 Å². The number of thiophene rings is 1. The summed E-state index contributed by atoms with van der Waals surface area (Å²) in [6.45, 7) is 3.23. The third-order valence-electron chi connectivity index (χ3n) is 4.72. The molecule has 1 aromatic carbocycles. The number of aromatic nitrogens is 2. The number of nitrogens with one attached hydrogen (secondary N) is 1. The van der Waals surface area contributed by atoms with E-state index in [1.807, 2.05) is 35.9 Å². The third-order valence-corrected chi connectivity index (χ3v) is 5.73. The molecule has 3 heterocycles. The number of likely N-dealkylation sites (tertiary alicyclic amines) is 1. The summed E-state index contributed by atoms with van der Waals surface area (Å²) in [7, 11) is 0. The summed E-state index contributed by atoms with van der Waals surface area (Å²) in [5.41, 5.74) is 2.66. The zero-order chi connectivity index (χ0) is 18.8. The van der Waals surface area contributed by atoms with E-state index in [-0.39, 0.29) is 11.9 Å². The molecule has 6 nitrogen and oxygen atoms in total. The van der Waals surface area contributed by atoms with Gasteiger partial charge in [-0.2, -0.15) is 16.3 Å². The van der Waals surface area contributed by atoms with E-state index in [2.05, 4.69) is 15.5 Å². The molecule has 2 aromatic heterocycles. The van der Waals surface area contributed by atoms with E-state index in [9.17, 15) is 4.79 Å². The Morgan fingerprint density at radius 2 is 2.15 bits per heavy atom. The van der Waals surface area contributed by atoms with E-state index < -0.39 is 0 Å². The first kappa shape index (κ1) is 18.0. The Balaban J connectivity index is 1.36. The first-order chi connectivity index (χ1) is 13.1. The lowest BCUT2D eigenvalue weighted by atomic mass is 9.97. The number of amides is 2. The van der Waals surface area contributed by atoms with Gasteiger partial charge in [0.15, 0.2) is 0 Å². The summed E-state index contributed by atoms with van der Waals surface area (Å²) in [5, 5.41) is 11.5. The van der Waals surface area contributed by atoms with Gasteiger partial charge in [-0.3, -0.25) is 0 Å². The number of anilines is 1. The number of carbonyl (C=O) groups excluding carboxylic acids is 1. The molecule has 8 heteroatoms. The molecule has 0 radical (unpaired) electrons. The Hall–Kier alpha value is -2.38. The van der Waals surface area contributed by atoms with E-state index in [0.717, 1.165) is 24.0 Å². The molecule has 1 N–H and O–H groups in total. The largest absolute Gasteiger partial charge is 0.339 e. The summed E-state index contributed by atoms with van der Waals surface area (Å²) in [6, 6.07) is 7.42. The molecule has 3 aromatic rings. The maximum absolute atomic E-state index is 12.5. The van der Waals surface area contributed by atoms with Gasteiger partial charge in [0.2, 0.25) is 11.7 Å². The van der Waals surface area contributed by atoms with E-state index in [1.165, 1.54) is 0 Å². The fourth-order valence-electron chi connectivity index (χ4n) is 3.17. The highest BCUT2D eigenvalue weighted by Gasteiger charge is 2.28. The number of hydrogen-bond donors (Lipinski definition) is 1. The van der Waals surface area contributed by atoms with Crippen molar-refractivity contribution in [1.82, 2.24) is 15.0 Å². The minimum atomic E-state index is -0.134. The molecular weight excluding hydrogens is 384 g/mol. The molecule has 1 aliphatic heterocycles. The number of hydrogen-bond acceptors (Lipinski definition) is 5. The second-order valence-electron chi connectivity index (χ2n) is 6.64. The second-order valence-corrected chi connectivity index (χ2v) is 7.83. The van der Waals surface area contributed by atoms with Crippen molar-refractivity contribution in [2.45, 2.75) is 25.7 Å². The van der Waals surface area contributed by atoms with Crippen molar-refractivity contribution in [3.63, 3.8) is 0 Å². The average molecular weight is 403 g/mol. The predicted octanol–water partition coefficient (Wildman–Crippen LogP) is 5.17. The summed E-state index contributed by atoms with van der Waals surface area (Å²) >= 11 is 7.77. The highest BCUT2D eigenvalue weighted by atomic mass is 35.5. The van der Waals surface area contributed by atoms with E-state index >= 15 is 0 Å². The zero-order valence-corrected chi connectivity index (χ0v) is 16.4. The van der Waals surface area contributed by atoms with Gasteiger partial charge in [0, 0.05) is 30.0 Å². The molecule has 27 heavy (non-hydrogen) atoms. The Bertz CT molecular complexity index is 933. The molecule has 0 aliphatic carbocycles. The Morgan fingerprint density at radius 1 is 1.33 bits per heavy atom. The molecule has 0 saturated carbocycles. The van der Waals surface area contributed by atoms with Crippen LogP contribution in [-0.2, 0) is 0 Å². The number of nitrogens with zero attached hydrogens (tertiary/aromatic N) is 3. The summed E-state index contributed by atoms with van der Waals surface area (Å²) in [6.07, 6.45) is 1.58. The molecule has 0 atom stereocenters. The van der Waals surface area contributed by atoms with Crippen LogP contribution >= 0.6 is 22.9 Å². The molecule has 4 rings (SSSR count). The molecule has 140 valence electrons. The van der Waals surface area contributed by atoms with Crippen LogP contribution in [0.15, 0.2) is 39.5 Å². The molecule has 1 aliphatic rings. The van der Waals surface area contributed by atoms with Crippen LogP contribution < -0.4 is 5.32 Å². The Kier molecular flexibility index (Phi) is 5.13. The van der Waals surface area contributed by atoms with Crippen molar-refractivity contribution in [3.8, 4) is 11.4 Å². The monoisotopic (exact) mass is 402 g/mol. The fourth-order valence-corrected chi connectivity index (χ4v) is 3.97. The van der Waals surface area contributed by atoms with E-state index in [1.54, 1.807) is 22.3 Å². The number of carbonyl (C=O) groups is 1. The van der Waals surface area contributed by atoms with Crippen molar-refractivity contribution in [3.05, 3.63) is 51.5 Å². The quantitative estimate of drug-likeness (QED) is 0.655. The summed E-state index contributed by atoms with van der Waals surface area (Å²) in [5.74, 6) is 1.45. The van der Waals surface area contributed by atoms with Gasteiger partial charge in [-0.25, -0.2) is 4.79 Å². The van der Waals surface area contributed by atoms with Crippen LogP contribution in [0.3, 0.4) is 0 Å². The van der Waals surface area contributed by atoms with E-state index in [0.29, 0.717) is 35.5 Å². The van der Waals surface area contributed by atoms with Gasteiger partial charge in [0.1, 0.15) is 0 Å². The minimum absolute atomic E-state index is 0.134. The van der Waals surface area contributed by atoms with Crippen molar-refractivity contribution >= 4 is 34.7 Å². The fraction of sp³-hybridized carbons (Fsp3) is 0.316. The van der Waals surface area contributed by atoms with Crippen molar-refractivity contribution in [1.29, 1.82) is 0 Å². The number of aryl methyl sites for hydroxylation is 1. The number of urea groups is 1. The molecular formula is C19H19ClN4O2S. The third kappa shape index (κ3) is 3.99. The first-order valence-electron chi connectivity index (χ1n) is 8.78. The number of halogens is 1.